The van der Waals surface area contributed by atoms with Gasteiger partial charge in [0.2, 0.25) is 0 Å². The maximum atomic E-state index is 12.5. The fourth-order valence-corrected chi connectivity index (χ4v) is 3.39. The zero-order valence-electron chi connectivity index (χ0n) is 12.7. The lowest BCUT2D eigenvalue weighted by molar-refractivity contribution is 0.0650. The molecular formula is C19H18BrNO2. The van der Waals surface area contributed by atoms with Crippen molar-refractivity contribution in [2.45, 2.75) is 12.8 Å². The average Bonchev–Trinajstić information content (AvgIpc) is 2.61. The van der Waals surface area contributed by atoms with Crippen molar-refractivity contribution in [1.29, 1.82) is 0 Å². The maximum absolute atomic E-state index is 12.5. The van der Waals surface area contributed by atoms with Gasteiger partial charge in [0, 0.05) is 34.6 Å². The van der Waals surface area contributed by atoms with Gasteiger partial charge in [-0.05, 0) is 31.0 Å². The summed E-state index contributed by atoms with van der Waals surface area (Å²) >= 11 is 3.39. The van der Waals surface area contributed by atoms with Crippen LogP contribution in [0.1, 0.15) is 33.6 Å². The van der Waals surface area contributed by atoms with E-state index in [9.17, 15) is 9.59 Å². The third kappa shape index (κ3) is 3.70. The van der Waals surface area contributed by atoms with E-state index in [0.717, 1.165) is 22.9 Å². The van der Waals surface area contributed by atoms with E-state index in [1.54, 1.807) is 0 Å². The van der Waals surface area contributed by atoms with Crippen molar-refractivity contribution in [2.24, 2.45) is 5.92 Å². The molecule has 0 radical (unpaired) electrons. The molecule has 2 aromatic carbocycles. The molecule has 0 bridgehead atoms. The Labute approximate surface area is 144 Å². The summed E-state index contributed by atoms with van der Waals surface area (Å²) in [6.45, 7) is 1.27. The van der Waals surface area contributed by atoms with Crippen LogP contribution in [0, 0.1) is 5.92 Å². The Hall–Kier alpha value is -1.94. The van der Waals surface area contributed by atoms with Gasteiger partial charge in [0.15, 0.2) is 5.78 Å². The molecule has 0 N–H and O–H groups in total. The second-order valence-corrected chi connectivity index (χ2v) is 6.72. The molecule has 3 nitrogen and oxygen atoms in total. The van der Waals surface area contributed by atoms with Gasteiger partial charge in [-0.1, -0.05) is 52.3 Å². The number of nitrogens with zero attached hydrogens (tertiary/aromatic N) is 1. The monoisotopic (exact) mass is 371 g/mol. The first kappa shape index (κ1) is 15.9. The van der Waals surface area contributed by atoms with Gasteiger partial charge in [0.25, 0.3) is 5.91 Å². The van der Waals surface area contributed by atoms with Crippen LogP contribution in [0.5, 0.6) is 0 Å². The van der Waals surface area contributed by atoms with E-state index in [4.69, 9.17) is 0 Å². The number of piperidine rings is 1. The van der Waals surface area contributed by atoms with E-state index in [0.29, 0.717) is 18.7 Å². The van der Waals surface area contributed by atoms with Crippen molar-refractivity contribution >= 4 is 27.6 Å². The van der Waals surface area contributed by atoms with E-state index in [2.05, 4.69) is 15.9 Å². The van der Waals surface area contributed by atoms with Gasteiger partial charge in [-0.2, -0.15) is 0 Å². The SMILES string of the molecule is O=C(c1ccccc1)C1CCN(C(=O)c2cccc(Br)c2)CC1. The summed E-state index contributed by atoms with van der Waals surface area (Å²) in [6, 6.07) is 16.8. The molecule has 0 aromatic heterocycles. The fourth-order valence-electron chi connectivity index (χ4n) is 2.99. The molecular weight excluding hydrogens is 354 g/mol. The topological polar surface area (TPSA) is 37.4 Å². The van der Waals surface area contributed by atoms with Crippen molar-refractivity contribution < 1.29 is 9.59 Å². The molecule has 0 saturated carbocycles. The smallest absolute Gasteiger partial charge is 0.253 e. The van der Waals surface area contributed by atoms with Gasteiger partial charge in [0.05, 0.1) is 0 Å². The fraction of sp³-hybridized carbons (Fsp3) is 0.263. The molecule has 1 saturated heterocycles. The lowest BCUT2D eigenvalue weighted by Gasteiger charge is -2.31. The van der Waals surface area contributed by atoms with Crippen LogP contribution in [0.2, 0.25) is 0 Å². The first-order valence-electron chi connectivity index (χ1n) is 7.79. The summed E-state index contributed by atoms with van der Waals surface area (Å²) in [6.07, 6.45) is 1.46. The maximum Gasteiger partial charge on any atom is 0.253 e. The van der Waals surface area contributed by atoms with Gasteiger partial charge in [-0.3, -0.25) is 9.59 Å². The molecule has 1 aliphatic heterocycles. The van der Waals surface area contributed by atoms with Crippen LogP contribution in [0.4, 0.5) is 0 Å². The number of carbonyl (C=O) groups excluding carboxylic acids is 2. The van der Waals surface area contributed by atoms with Crippen molar-refractivity contribution in [3.63, 3.8) is 0 Å². The number of benzene rings is 2. The minimum atomic E-state index is 0.0176. The van der Waals surface area contributed by atoms with Crippen molar-refractivity contribution in [3.05, 3.63) is 70.2 Å². The highest BCUT2D eigenvalue weighted by atomic mass is 79.9. The first-order chi connectivity index (χ1) is 11.1. The standard InChI is InChI=1S/C19H18BrNO2/c20-17-8-4-7-16(13-17)19(23)21-11-9-15(10-12-21)18(22)14-5-2-1-3-6-14/h1-8,13,15H,9-12H2. The second kappa shape index (κ2) is 7.09. The summed E-state index contributed by atoms with van der Waals surface area (Å²) in [5.74, 6) is 0.251. The molecule has 2 aromatic rings. The molecule has 1 heterocycles. The Balaban J connectivity index is 1.62. The number of halogens is 1. The lowest BCUT2D eigenvalue weighted by Crippen LogP contribution is -2.40. The molecule has 1 amide bonds. The van der Waals surface area contributed by atoms with Crippen LogP contribution < -0.4 is 0 Å². The summed E-state index contributed by atoms with van der Waals surface area (Å²) in [5.41, 5.74) is 1.46. The zero-order valence-corrected chi connectivity index (χ0v) is 14.3. The van der Waals surface area contributed by atoms with Crippen molar-refractivity contribution in [3.8, 4) is 0 Å². The van der Waals surface area contributed by atoms with Gasteiger partial charge in [-0.25, -0.2) is 0 Å². The Kier molecular flexibility index (Phi) is 4.91. The molecule has 0 atom stereocenters. The highest BCUT2D eigenvalue weighted by molar-refractivity contribution is 9.10. The molecule has 0 unspecified atom stereocenters. The summed E-state index contributed by atoms with van der Waals surface area (Å²) in [4.78, 5) is 26.8. The number of hydrogen-bond acceptors (Lipinski definition) is 2. The second-order valence-electron chi connectivity index (χ2n) is 5.81. The molecule has 4 heteroatoms. The van der Waals surface area contributed by atoms with E-state index in [1.807, 2.05) is 59.5 Å². The quantitative estimate of drug-likeness (QED) is 0.758. The summed E-state index contributed by atoms with van der Waals surface area (Å²) < 4.78 is 0.900. The van der Waals surface area contributed by atoms with E-state index in [1.165, 1.54) is 0 Å². The van der Waals surface area contributed by atoms with E-state index >= 15 is 0 Å². The molecule has 0 aliphatic carbocycles. The number of Topliss-reactive ketones (excluding diaryl/α,β-unsaturated/α-hetero) is 1. The number of hydrogen-bond donors (Lipinski definition) is 0. The van der Waals surface area contributed by atoms with Gasteiger partial charge < -0.3 is 4.90 Å². The largest absolute Gasteiger partial charge is 0.339 e. The predicted molar refractivity (Wildman–Crippen MR) is 93.5 cm³/mol. The third-order valence-corrected chi connectivity index (χ3v) is 4.78. The Bertz CT molecular complexity index is 706. The van der Waals surface area contributed by atoms with Gasteiger partial charge >= 0.3 is 0 Å². The molecule has 23 heavy (non-hydrogen) atoms. The number of rotatable bonds is 3. The third-order valence-electron chi connectivity index (χ3n) is 4.28. The number of likely N-dealkylation sites (tertiary alicyclic amines) is 1. The molecule has 118 valence electrons. The van der Waals surface area contributed by atoms with Gasteiger partial charge in [-0.15, -0.1) is 0 Å². The molecule has 3 rings (SSSR count). The van der Waals surface area contributed by atoms with E-state index < -0.39 is 0 Å². The molecule has 1 fully saturated rings. The number of amides is 1. The molecule has 1 aliphatic rings. The number of ketones is 1. The van der Waals surface area contributed by atoms with E-state index in [-0.39, 0.29) is 17.6 Å². The summed E-state index contributed by atoms with van der Waals surface area (Å²) in [7, 11) is 0. The highest BCUT2D eigenvalue weighted by Gasteiger charge is 2.28. The van der Waals surface area contributed by atoms with Crippen molar-refractivity contribution in [2.75, 3.05) is 13.1 Å². The minimum absolute atomic E-state index is 0.0176. The highest BCUT2D eigenvalue weighted by Crippen LogP contribution is 2.23. The first-order valence-corrected chi connectivity index (χ1v) is 8.58. The Morgan fingerprint density at radius 2 is 1.57 bits per heavy atom. The van der Waals surface area contributed by atoms with Crippen molar-refractivity contribution in [1.82, 2.24) is 4.90 Å². The number of carbonyl (C=O) groups is 2. The Morgan fingerprint density at radius 3 is 2.22 bits per heavy atom. The van der Waals surface area contributed by atoms with Crippen LogP contribution in [0.25, 0.3) is 0 Å². The van der Waals surface area contributed by atoms with Crippen LogP contribution >= 0.6 is 15.9 Å². The normalized spacial score (nSPS) is 15.4. The minimum Gasteiger partial charge on any atom is -0.339 e. The van der Waals surface area contributed by atoms with Crippen LogP contribution in [0.15, 0.2) is 59.1 Å². The Morgan fingerprint density at radius 1 is 0.913 bits per heavy atom. The average molecular weight is 372 g/mol. The molecule has 0 spiro atoms. The van der Waals surface area contributed by atoms with Crippen LogP contribution in [-0.4, -0.2) is 29.7 Å². The predicted octanol–water partition coefficient (Wildman–Crippen LogP) is 4.18. The van der Waals surface area contributed by atoms with Gasteiger partial charge in [0.1, 0.15) is 0 Å². The lowest BCUT2D eigenvalue weighted by atomic mass is 9.88. The summed E-state index contributed by atoms with van der Waals surface area (Å²) in [5, 5.41) is 0. The zero-order chi connectivity index (χ0) is 16.2. The van der Waals surface area contributed by atoms with Crippen LogP contribution in [0.3, 0.4) is 0 Å². The van der Waals surface area contributed by atoms with Crippen LogP contribution in [-0.2, 0) is 0 Å².